The third-order valence-electron chi connectivity index (χ3n) is 4.01. The summed E-state index contributed by atoms with van der Waals surface area (Å²) in [6.45, 7) is 4.30. The molecule has 0 saturated carbocycles. The summed E-state index contributed by atoms with van der Waals surface area (Å²) < 4.78 is 0. The molecule has 0 atom stereocenters. The maximum Gasteiger partial charge on any atom is 0.237 e. The molecule has 106 valence electrons. The van der Waals surface area contributed by atoms with Gasteiger partial charge in [0.15, 0.2) is 0 Å². The highest BCUT2D eigenvalue weighted by Gasteiger charge is 2.43. The lowest BCUT2D eigenvalue weighted by Gasteiger charge is -2.20. The number of anilines is 1. The van der Waals surface area contributed by atoms with Crippen molar-refractivity contribution in [1.82, 2.24) is 0 Å². The molecule has 3 rings (SSSR count). The molecule has 0 bridgehead atoms. The van der Waals surface area contributed by atoms with Crippen LogP contribution in [0.3, 0.4) is 0 Å². The molecule has 1 amide bonds. The summed E-state index contributed by atoms with van der Waals surface area (Å²) in [5.74, 6) is 0.0457. The largest absolute Gasteiger partial charge is 0.307 e. The molecule has 4 nitrogen and oxygen atoms in total. The second-order valence-corrected chi connectivity index (χ2v) is 5.79. The first-order chi connectivity index (χ1) is 10.0. The van der Waals surface area contributed by atoms with Crippen LogP contribution in [0.15, 0.2) is 53.7 Å². The number of nitroso groups, excluding NO2 is 1. The summed E-state index contributed by atoms with van der Waals surface area (Å²) in [6, 6.07) is 15.0. The molecule has 0 aromatic heterocycles. The molecular weight excluding hydrogens is 264 g/mol. The molecule has 1 aliphatic heterocycles. The highest BCUT2D eigenvalue weighted by Crippen LogP contribution is 2.43. The number of nitrogens with zero attached hydrogens (tertiary/aromatic N) is 2. The number of carbonyl (C=O) groups excluding carboxylic acids is 1. The predicted octanol–water partition coefficient (Wildman–Crippen LogP) is 3.91. The second kappa shape index (κ2) is 4.81. The number of rotatable bonds is 3. The third-order valence-corrected chi connectivity index (χ3v) is 4.01. The van der Waals surface area contributed by atoms with Gasteiger partial charge in [-0.3, -0.25) is 4.79 Å². The Morgan fingerprint density at radius 1 is 1.10 bits per heavy atom. The zero-order valence-electron chi connectivity index (χ0n) is 12.0. The maximum absolute atomic E-state index is 12.7. The second-order valence-electron chi connectivity index (χ2n) is 5.79. The number of benzene rings is 2. The summed E-state index contributed by atoms with van der Waals surface area (Å²) in [5.41, 5.74) is 2.52. The van der Waals surface area contributed by atoms with E-state index >= 15 is 0 Å². The Morgan fingerprint density at radius 2 is 1.81 bits per heavy atom. The van der Waals surface area contributed by atoms with E-state index in [1.54, 1.807) is 17.0 Å². The van der Waals surface area contributed by atoms with Crippen LogP contribution in [-0.4, -0.2) is 5.91 Å². The van der Waals surface area contributed by atoms with Gasteiger partial charge in [0.05, 0.1) is 12.0 Å². The fourth-order valence-corrected chi connectivity index (χ4v) is 2.80. The molecule has 0 saturated heterocycles. The summed E-state index contributed by atoms with van der Waals surface area (Å²) in [6.07, 6.45) is 0. The molecule has 21 heavy (non-hydrogen) atoms. The minimum atomic E-state index is -0.634. The first-order valence-corrected chi connectivity index (χ1v) is 6.88. The summed E-state index contributed by atoms with van der Waals surface area (Å²) >= 11 is 0. The van der Waals surface area contributed by atoms with Crippen molar-refractivity contribution in [2.75, 3.05) is 4.90 Å². The van der Waals surface area contributed by atoms with Crippen molar-refractivity contribution in [2.24, 2.45) is 5.18 Å². The van der Waals surface area contributed by atoms with Gasteiger partial charge < -0.3 is 4.90 Å². The molecular formula is C17H16N2O2. The van der Waals surface area contributed by atoms with Crippen LogP contribution in [0, 0.1) is 4.91 Å². The SMILES string of the molecule is CC1(C)C(=O)N(Cc2ccccc2)c2ccc(N=O)cc21. The molecule has 0 radical (unpaired) electrons. The molecule has 1 heterocycles. The van der Waals surface area contributed by atoms with Gasteiger partial charge >= 0.3 is 0 Å². The lowest BCUT2D eigenvalue weighted by Crippen LogP contribution is -2.35. The monoisotopic (exact) mass is 280 g/mol. The quantitative estimate of drug-likeness (QED) is 0.800. The van der Waals surface area contributed by atoms with Crippen molar-refractivity contribution in [3.8, 4) is 0 Å². The minimum absolute atomic E-state index is 0.0457. The Morgan fingerprint density at radius 3 is 2.48 bits per heavy atom. The Labute approximate surface area is 123 Å². The van der Waals surface area contributed by atoms with Gasteiger partial charge in [0.25, 0.3) is 0 Å². The number of amides is 1. The topological polar surface area (TPSA) is 49.7 Å². The van der Waals surface area contributed by atoms with Crippen molar-refractivity contribution >= 4 is 17.3 Å². The van der Waals surface area contributed by atoms with Crippen LogP contribution in [0.5, 0.6) is 0 Å². The van der Waals surface area contributed by atoms with E-state index in [4.69, 9.17) is 0 Å². The minimum Gasteiger partial charge on any atom is -0.307 e. The van der Waals surface area contributed by atoms with Crippen molar-refractivity contribution in [3.05, 3.63) is 64.6 Å². The molecule has 0 spiro atoms. The van der Waals surface area contributed by atoms with Gasteiger partial charge in [0, 0.05) is 5.69 Å². The van der Waals surface area contributed by atoms with E-state index in [2.05, 4.69) is 5.18 Å². The van der Waals surface area contributed by atoms with Gasteiger partial charge in [0.2, 0.25) is 5.91 Å². The highest BCUT2D eigenvalue weighted by molar-refractivity contribution is 6.07. The first kappa shape index (κ1) is 13.5. The smallest absolute Gasteiger partial charge is 0.237 e. The number of fused-ring (bicyclic) bond motifs is 1. The molecule has 1 aliphatic rings. The van der Waals surface area contributed by atoms with E-state index in [1.165, 1.54) is 0 Å². The molecule has 0 fully saturated rings. The first-order valence-electron chi connectivity index (χ1n) is 6.88. The van der Waals surface area contributed by atoms with Crippen molar-refractivity contribution in [3.63, 3.8) is 0 Å². The predicted molar refractivity (Wildman–Crippen MR) is 82.6 cm³/mol. The van der Waals surface area contributed by atoms with Crippen molar-refractivity contribution < 1.29 is 4.79 Å². The number of hydrogen-bond donors (Lipinski definition) is 0. The van der Waals surface area contributed by atoms with Gasteiger partial charge in [-0.2, -0.15) is 0 Å². The summed E-state index contributed by atoms with van der Waals surface area (Å²) in [4.78, 5) is 25.2. The lowest BCUT2D eigenvalue weighted by atomic mass is 9.86. The third kappa shape index (κ3) is 2.13. The van der Waals surface area contributed by atoms with Gasteiger partial charge in [-0.05, 0) is 48.4 Å². The van der Waals surface area contributed by atoms with Gasteiger partial charge in [-0.15, -0.1) is 4.91 Å². The van der Waals surface area contributed by atoms with E-state index in [1.807, 2.05) is 50.2 Å². The highest BCUT2D eigenvalue weighted by atomic mass is 16.3. The number of carbonyl (C=O) groups is 1. The molecule has 0 unspecified atom stereocenters. The fraction of sp³-hybridized carbons (Fsp3) is 0.235. The summed E-state index contributed by atoms with van der Waals surface area (Å²) in [5, 5.41) is 2.97. The maximum atomic E-state index is 12.7. The molecule has 0 N–H and O–H groups in total. The normalized spacial score (nSPS) is 15.9. The Balaban J connectivity index is 2.05. The van der Waals surface area contributed by atoms with Gasteiger partial charge in [-0.25, -0.2) is 0 Å². The summed E-state index contributed by atoms with van der Waals surface area (Å²) in [7, 11) is 0. The van der Waals surface area contributed by atoms with Gasteiger partial charge in [-0.1, -0.05) is 30.3 Å². The molecule has 4 heteroatoms. The molecule has 2 aromatic rings. The van der Waals surface area contributed by atoms with Gasteiger partial charge in [0.1, 0.15) is 5.69 Å². The molecule has 2 aromatic carbocycles. The zero-order valence-corrected chi connectivity index (χ0v) is 12.0. The molecule has 0 aliphatic carbocycles. The van der Waals surface area contributed by atoms with Crippen molar-refractivity contribution in [2.45, 2.75) is 25.8 Å². The standard InChI is InChI=1S/C17H16N2O2/c1-17(2)14-10-13(18-21)8-9-15(14)19(16(17)20)11-12-6-4-3-5-7-12/h3-10H,11H2,1-2H3. The van der Waals surface area contributed by atoms with Crippen LogP contribution in [0.4, 0.5) is 11.4 Å². The fourth-order valence-electron chi connectivity index (χ4n) is 2.80. The van der Waals surface area contributed by atoms with Crippen LogP contribution in [0.1, 0.15) is 25.0 Å². The average molecular weight is 280 g/mol. The van der Waals surface area contributed by atoms with E-state index in [0.717, 1.165) is 16.8 Å². The van der Waals surface area contributed by atoms with E-state index in [0.29, 0.717) is 12.2 Å². The van der Waals surface area contributed by atoms with E-state index in [-0.39, 0.29) is 5.91 Å². The van der Waals surface area contributed by atoms with E-state index < -0.39 is 5.41 Å². The van der Waals surface area contributed by atoms with Crippen LogP contribution in [0.2, 0.25) is 0 Å². The van der Waals surface area contributed by atoms with Crippen LogP contribution >= 0.6 is 0 Å². The van der Waals surface area contributed by atoms with Crippen LogP contribution in [0.25, 0.3) is 0 Å². The van der Waals surface area contributed by atoms with Crippen LogP contribution < -0.4 is 4.90 Å². The van der Waals surface area contributed by atoms with Crippen molar-refractivity contribution in [1.29, 1.82) is 0 Å². The zero-order chi connectivity index (χ0) is 15.0. The number of hydrogen-bond acceptors (Lipinski definition) is 3. The Kier molecular flexibility index (Phi) is 3.09. The lowest BCUT2D eigenvalue weighted by molar-refractivity contribution is -0.122. The Hall–Kier alpha value is -2.49. The average Bonchev–Trinajstić information content (AvgIpc) is 2.69. The Bertz CT molecular complexity index is 708. The van der Waals surface area contributed by atoms with E-state index in [9.17, 15) is 9.70 Å². The van der Waals surface area contributed by atoms with Crippen LogP contribution in [-0.2, 0) is 16.8 Å².